The molecule has 1 saturated heterocycles. The van der Waals surface area contributed by atoms with Crippen LogP contribution >= 0.6 is 0 Å². The van der Waals surface area contributed by atoms with Crippen molar-refractivity contribution < 1.29 is 38.1 Å². The van der Waals surface area contributed by atoms with Gasteiger partial charge >= 0.3 is 12.1 Å². The van der Waals surface area contributed by atoms with Gasteiger partial charge in [0.1, 0.15) is 41.3 Å². The molecule has 0 bridgehead atoms. The average Bonchev–Trinajstić information content (AvgIpc) is 3.17. The molecule has 0 unspecified atom stereocenters. The number of rotatable bonds is 3. The van der Waals surface area contributed by atoms with Gasteiger partial charge in [-0.25, -0.2) is 9.59 Å². The second-order valence-electron chi connectivity index (χ2n) is 14.8. The normalized spacial score (nSPS) is 26.6. The van der Waals surface area contributed by atoms with Crippen LogP contribution in [0.4, 0.5) is 10.5 Å². The fourth-order valence-electron chi connectivity index (χ4n) is 4.50. The van der Waals surface area contributed by atoms with E-state index in [-0.39, 0.29) is 22.9 Å². The standard InChI is InChI=1S/C34H51NO8Si/c1-21-17-18-25(36)29-26(40-34(9,10)41-29)16-14-15-23-19-24(35(11)31(38)42-32(3,4)5)20-27(28(23)30(37)39-22(21)2)43-44(12,13)33(6,7)8/h17-22,25-26,29,36H,16H2,1-13H3/b18-17-/t21-,22+,25-,26+,29-/m1/s1. The molecule has 1 aromatic rings. The van der Waals surface area contributed by atoms with Crippen LogP contribution in [-0.2, 0) is 18.9 Å². The van der Waals surface area contributed by atoms with Gasteiger partial charge in [-0.15, -0.1) is 0 Å². The van der Waals surface area contributed by atoms with E-state index in [9.17, 15) is 14.7 Å². The number of anilines is 1. The van der Waals surface area contributed by atoms with Crippen molar-refractivity contribution in [3.05, 3.63) is 35.4 Å². The van der Waals surface area contributed by atoms with Crippen LogP contribution in [0.1, 0.15) is 91.6 Å². The first-order valence-electron chi connectivity index (χ1n) is 15.3. The zero-order valence-electron chi connectivity index (χ0n) is 28.7. The van der Waals surface area contributed by atoms with Crippen LogP contribution in [0.5, 0.6) is 5.75 Å². The Morgan fingerprint density at radius 2 is 1.73 bits per heavy atom. The molecule has 5 atom stereocenters. The van der Waals surface area contributed by atoms with E-state index in [1.165, 1.54) is 4.90 Å². The van der Waals surface area contributed by atoms with E-state index in [2.05, 4.69) is 45.7 Å². The molecule has 1 fully saturated rings. The van der Waals surface area contributed by atoms with Crippen LogP contribution in [-0.4, -0.2) is 68.3 Å². The number of carbonyl (C=O) groups is 2. The predicted molar refractivity (Wildman–Crippen MR) is 173 cm³/mol. The molecule has 3 rings (SSSR count). The van der Waals surface area contributed by atoms with Gasteiger partial charge in [0.2, 0.25) is 0 Å². The highest BCUT2D eigenvalue weighted by Gasteiger charge is 2.44. The van der Waals surface area contributed by atoms with Crippen molar-refractivity contribution in [1.29, 1.82) is 0 Å². The summed E-state index contributed by atoms with van der Waals surface area (Å²) in [7, 11) is -0.874. The number of benzene rings is 1. The minimum atomic E-state index is -2.48. The molecule has 9 nitrogen and oxygen atoms in total. The molecule has 0 radical (unpaired) electrons. The van der Waals surface area contributed by atoms with E-state index >= 15 is 0 Å². The first-order chi connectivity index (χ1) is 20.0. The largest absolute Gasteiger partial charge is 0.543 e. The first-order valence-corrected chi connectivity index (χ1v) is 18.2. The Hall–Kier alpha value is -2.84. The molecular weight excluding hydrogens is 578 g/mol. The van der Waals surface area contributed by atoms with E-state index < -0.39 is 56.2 Å². The molecule has 2 aliphatic rings. The van der Waals surface area contributed by atoms with Crippen molar-refractivity contribution in [3.8, 4) is 17.6 Å². The highest BCUT2D eigenvalue weighted by atomic mass is 28.4. The summed E-state index contributed by atoms with van der Waals surface area (Å²) in [6.45, 7) is 23.2. The summed E-state index contributed by atoms with van der Waals surface area (Å²) < 4.78 is 30.5. The van der Waals surface area contributed by atoms with Crippen molar-refractivity contribution in [1.82, 2.24) is 0 Å². The fourth-order valence-corrected chi connectivity index (χ4v) is 5.51. The molecule has 2 aliphatic heterocycles. The van der Waals surface area contributed by atoms with Crippen molar-refractivity contribution in [2.45, 2.75) is 130 Å². The van der Waals surface area contributed by atoms with Crippen LogP contribution in [0, 0.1) is 17.8 Å². The summed E-state index contributed by atoms with van der Waals surface area (Å²) in [5.41, 5.74) is 0.292. The first kappa shape index (κ1) is 35.6. The summed E-state index contributed by atoms with van der Waals surface area (Å²) in [5.74, 6) is 4.89. The topological polar surface area (TPSA) is 104 Å². The molecule has 1 N–H and O–H groups in total. The van der Waals surface area contributed by atoms with Gasteiger partial charge < -0.3 is 28.5 Å². The lowest BCUT2D eigenvalue weighted by atomic mass is 9.99. The van der Waals surface area contributed by atoms with Crippen molar-refractivity contribution in [3.63, 3.8) is 0 Å². The third-order valence-corrected chi connectivity index (χ3v) is 12.6. The summed E-state index contributed by atoms with van der Waals surface area (Å²) >= 11 is 0. The molecule has 0 aromatic heterocycles. The van der Waals surface area contributed by atoms with Crippen LogP contribution in [0.15, 0.2) is 24.3 Å². The Morgan fingerprint density at radius 3 is 2.32 bits per heavy atom. The highest BCUT2D eigenvalue weighted by Crippen LogP contribution is 2.41. The number of cyclic esters (lactones) is 1. The third kappa shape index (κ3) is 8.66. The molecule has 44 heavy (non-hydrogen) atoms. The van der Waals surface area contributed by atoms with Gasteiger partial charge in [-0.3, -0.25) is 4.90 Å². The maximum Gasteiger partial charge on any atom is 0.414 e. The number of hydrogen-bond donors (Lipinski definition) is 1. The van der Waals surface area contributed by atoms with Gasteiger partial charge in [0.05, 0.1) is 5.69 Å². The Bertz CT molecular complexity index is 1330. The molecule has 1 aromatic carbocycles. The van der Waals surface area contributed by atoms with Gasteiger partial charge in [0.15, 0.2) is 5.79 Å². The molecule has 0 spiro atoms. The molecular formula is C34H51NO8Si. The van der Waals surface area contributed by atoms with Gasteiger partial charge in [-0.2, -0.15) is 0 Å². The summed E-state index contributed by atoms with van der Waals surface area (Å²) in [4.78, 5) is 28.4. The Labute approximate surface area is 264 Å². The van der Waals surface area contributed by atoms with Crippen molar-refractivity contribution in [2.75, 3.05) is 11.9 Å². The lowest BCUT2D eigenvalue weighted by molar-refractivity contribution is -0.152. The molecule has 10 heteroatoms. The smallest absolute Gasteiger partial charge is 0.414 e. The minimum Gasteiger partial charge on any atom is -0.543 e. The monoisotopic (exact) mass is 629 g/mol. The number of ether oxygens (including phenoxy) is 4. The number of aliphatic hydroxyl groups is 1. The van der Waals surface area contributed by atoms with Crippen molar-refractivity contribution >= 4 is 26.1 Å². The molecule has 0 aliphatic carbocycles. The van der Waals surface area contributed by atoms with E-state index in [0.29, 0.717) is 17.0 Å². The van der Waals surface area contributed by atoms with Crippen LogP contribution < -0.4 is 9.33 Å². The fraction of sp³-hybridized carbons (Fsp3) is 0.647. The van der Waals surface area contributed by atoms with Gasteiger partial charge in [0.25, 0.3) is 8.32 Å². The maximum atomic E-state index is 13.9. The lowest BCUT2D eigenvalue weighted by Crippen LogP contribution is -2.44. The summed E-state index contributed by atoms with van der Waals surface area (Å²) in [5, 5.41) is 10.8. The van der Waals surface area contributed by atoms with Gasteiger partial charge in [-0.1, -0.05) is 51.7 Å². The van der Waals surface area contributed by atoms with E-state index in [1.807, 2.05) is 13.0 Å². The Kier molecular flexibility index (Phi) is 10.4. The number of aliphatic hydroxyl groups excluding tert-OH is 1. The zero-order chi connectivity index (χ0) is 33.4. The van der Waals surface area contributed by atoms with Gasteiger partial charge in [-0.05, 0) is 65.7 Å². The maximum absolute atomic E-state index is 13.9. The van der Waals surface area contributed by atoms with Gasteiger partial charge in [0, 0.05) is 31.0 Å². The van der Waals surface area contributed by atoms with Crippen molar-refractivity contribution in [2.24, 2.45) is 5.92 Å². The number of nitrogens with zero attached hydrogens (tertiary/aromatic N) is 1. The lowest BCUT2D eigenvalue weighted by Gasteiger charge is -2.37. The van der Waals surface area contributed by atoms with E-state index in [4.69, 9.17) is 23.4 Å². The number of hydrogen-bond acceptors (Lipinski definition) is 8. The Balaban J connectivity index is 2.25. The zero-order valence-corrected chi connectivity index (χ0v) is 29.7. The summed E-state index contributed by atoms with van der Waals surface area (Å²) in [6, 6.07) is 3.36. The second-order valence-corrected chi connectivity index (χ2v) is 19.5. The quantitative estimate of drug-likeness (QED) is 0.168. The minimum absolute atomic E-state index is 0.181. The number of esters is 1. The van der Waals surface area contributed by atoms with E-state index in [1.54, 1.807) is 66.8 Å². The predicted octanol–water partition coefficient (Wildman–Crippen LogP) is 6.82. The summed E-state index contributed by atoms with van der Waals surface area (Å²) in [6.07, 6.45) is 0.522. The average molecular weight is 630 g/mol. The molecule has 1 amide bonds. The molecule has 2 heterocycles. The van der Waals surface area contributed by atoms with Crippen LogP contribution in [0.2, 0.25) is 18.1 Å². The second kappa shape index (κ2) is 12.9. The number of fused-ring (bicyclic) bond motifs is 2. The highest BCUT2D eigenvalue weighted by molar-refractivity contribution is 6.74. The van der Waals surface area contributed by atoms with Crippen LogP contribution in [0.25, 0.3) is 0 Å². The Morgan fingerprint density at radius 1 is 1.09 bits per heavy atom. The number of amides is 1. The SMILES string of the molecule is C[C@@H]1/C=C\[C@@H](O)[C@H]2OC(C)(C)O[C@H]2CC#Cc2cc(N(C)C(=O)OC(C)(C)C)cc(O[Si](C)(C)C(C)(C)C)c2C(=O)O[C@H]1C. The molecule has 244 valence electrons. The molecule has 0 saturated carbocycles. The van der Waals surface area contributed by atoms with Crippen LogP contribution in [0.3, 0.4) is 0 Å². The van der Waals surface area contributed by atoms with E-state index in [0.717, 1.165) is 0 Å². The third-order valence-electron chi connectivity index (χ3n) is 8.25. The number of carbonyl (C=O) groups excluding carboxylic acids is 2.